The number of fused-ring (bicyclic) bond motifs is 1. The van der Waals surface area contributed by atoms with Gasteiger partial charge in [0.05, 0.1) is 0 Å². The number of benzene rings is 3. The molecule has 3 aromatic carbocycles. The van der Waals surface area contributed by atoms with E-state index in [1.807, 2.05) is 0 Å². The normalized spacial score (nSPS) is 12.8. The number of phenolic OH excluding ortho intramolecular Hbond substituents is 1. The van der Waals surface area contributed by atoms with Crippen LogP contribution in [0.15, 0.2) is 78.9 Å². The summed E-state index contributed by atoms with van der Waals surface area (Å²) in [4.78, 5) is 36.3. The fourth-order valence-electron chi connectivity index (χ4n) is 3.29. The smallest absolute Gasteiger partial charge is 0.414 e. The molecule has 3 aromatic rings. The second-order valence-corrected chi connectivity index (χ2v) is 7.06. The first-order valence-corrected chi connectivity index (χ1v) is 9.80. The molecule has 8 heteroatoms. The molecule has 8 nitrogen and oxygen atoms in total. The Bertz CT molecular complexity index is 1160. The van der Waals surface area contributed by atoms with Gasteiger partial charge in [-0.25, -0.2) is 10.3 Å². The summed E-state index contributed by atoms with van der Waals surface area (Å²) in [6.45, 7) is 1.71. The zero-order valence-corrected chi connectivity index (χ0v) is 17.2. The summed E-state index contributed by atoms with van der Waals surface area (Å²) < 4.78 is 5.61. The van der Waals surface area contributed by atoms with Gasteiger partial charge in [-0.15, -0.1) is 0 Å². The van der Waals surface area contributed by atoms with Crippen LogP contribution in [-0.2, 0) is 9.53 Å². The molecule has 0 saturated heterocycles. The van der Waals surface area contributed by atoms with Gasteiger partial charge in [0, 0.05) is 28.5 Å². The van der Waals surface area contributed by atoms with E-state index >= 15 is 0 Å². The summed E-state index contributed by atoms with van der Waals surface area (Å²) in [5, 5.41) is 22.3. The average molecular weight is 434 g/mol. The van der Waals surface area contributed by atoms with Crippen LogP contribution in [0.25, 0.3) is 10.8 Å². The molecular formula is C24H22N2O6. The van der Waals surface area contributed by atoms with E-state index in [9.17, 15) is 19.5 Å². The molecule has 3 amide bonds. The van der Waals surface area contributed by atoms with Crippen LogP contribution in [0.2, 0.25) is 0 Å². The molecule has 2 atom stereocenters. The third-order valence-corrected chi connectivity index (χ3v) is 4.87. The van der Waals surface area contributed by atoms with Gasteiger partial charge in [-0.1, -0.05) is 61.5 Å². The molecule has 0 aliphatic carbocycles. The number of hydrogen-bond donors (Lipinski definition) is 4. The molecule has 0 bridgehead atoms. The van der Waals surface area contributed by atoms with Gasteiger partial charge < -0.3 is 9.84 Å². The van der Waals surface area contributed by atoms with Gasteiger partial charge in [-0.3, -0.25) is 20.1 Å². The lowest BCUT2D eigenvalue weighted by Gasteiger charge is -2.24. The van der Waals surface area contributed by atoms with E-state index in [0.717, 1.165) is 6.08 Å². The fraction of sp³-hybridized carbons (Fsp3) is 0.125. The Morgan fingerprint density at radius 1 is 0.938 bits per heavy atom. The van der Waals surface area contributed by atoms with Crippen LogP contribution >= 0.6 is 0 Å². The monoisotopic (exact) mass is 434 g/mol. The molecule has 0 unspecified atom stereocenters. The minimum absolute atomic E-state index is 0.0645. The van der Waals surface area contributed by atoms with E-state index in [1.54, 1.807) is 67.6 Å². The SMILES string of the molecule is C[C@@H](/C=C/C(=O)NO)[C@H](OC(=O)NC(=O)c1ccccc1)c1ccc(O)c2ccccc12. The van der Waals surface area contributed by atoms with Gasteiger partial charge in [0.15, 0.2) is 0 Å². The van der Waals surface area contributed by atoms with Crippen molar-refractivity contribution in [2.75, 3.05) is 0 Å². The molecule has 0 aliphatic rings. The number of carbonyl (C=O) groups is 3. The van der Waals surface area contributed by atoms with Crippen molar-refractivity contribution in [3.8, 4) is 5.75 Å². The van der Waals surface area contributed by atoms with Crippen molar-refractivity contribution in [3.63, 3.8) is 0 Å². The van der Waals surface area contributed by atoms with Crippen LogP contribution in [0, 0.1) is 5.92 Å². The quantitative estimate of drug-likeness (QED) is 0.265. The van der Waals surface area contributed by atoms with E-state index in [2.05, 4.69) is 5.32 Å². The topological polar surface area (TPSA) is 125 Å². The Morgan fingerprint density at radius 2 is 1.59 bits per heavy atom. The number of nitrogens with one attached hydrogen (secondary N) is 2. The second kappa shape index (κ2) is 10.2. The standard InChI is InChI=1S/C24H22N2O6/c1-15(11-14-21(28)26-31)22(19-12-13-20(27)18-10-6-5-9-17(18)19)32-24(30)25-23(29)16-7-3-2-4-8-16/h2-15,22,27,31H,1H3,(H,26,28)(H,25,29,30)/b14-11+/t15-,22-/m0/s1. The Labute approximate surface area is 184 Å². The summed E-state index contributed by atoms with van der Waals surface area (Å²) in [7, 11) is 0. The molecular weight excluding hydrogens is 412 g/mol. The predicted octanol–water partition coefficient (Wildman–Crippen LogP) is 3.85. The number of rotatable bonds is 6. The number of imide groups is 1. The molecule has 0 aromatic heterocycles. The number of carbonyl (C=O) groups excluding carboxylic acids is 3. The van der Waals surface area contributed by atoms with E-state index in [-0.39, 0.29) is 5.75 Å². The Balaban J connectivity index is 1.92. The fourth-order valence-corrected chi connectivity index (χ4v) is 3.29. The minimum atomic E-state index is -0.965. The van der Waals surface area contributed by atoms with Crippen molar-refractivity contribution in [1.82, 2.24) is 10.8 Å². The lowest BCUT2D eigenvalue weighted by atomic mass is 9.92. The first-order chi connectivity index (χ1) is 15.4. The van der Waals surface area contributed by atoms with E-state index in [0.29, 0.717) is 21.9 Å². The number of ether oxygens (including phenoxy) is 1. The summed E-state index contributed by atoms with van der Waals surface area (Å²) in [5.74, 6) is -1.82. The van der Waals surface area contributed by atoms with E-state index < -0.39 is 29.9 Å². The maximum absolute atomic E-state index is 12.6. The third kappa shape index (κ3) is 5.30. The second-order valence-electron chi connectivity index (χ2n) is 7.06. The molecule has 3 rings (SSSR count). The van der Waals surface area contributed by atoms with Gasteiger partial charge in [0.25, 0.3) is 11.8 Å². The van der Waals surface area contributed by atoms with Crippen LogP contribution in [0.4, 0.5) is 4.79 Å². The lowest BCUT2D eigenvalue weighted by Crippen LogP contribution is -2.33. The molecule has 0 radical (unpaired) electrons. The highest BCUT2D eigenvalue weighted by atomic mass is 16.6. The van der Waals surface area contributed by atoms with E-state index in [4.69, 9.17) is 9.94 Å². The van der Waals surface area contributed by atoms with Crippen LogP contribution in [0.3, 0.4) is 0 Å². The van der Waals surface area contributed by atoms with E-state index in [1.165, 1.54) is 17.6 Å². The van der Waals surface area contributed by atoms with Gasteiger partial charge in [0.2, 0.25) is 0 Å². The molecule has 32 heavy (non-hydrogen) atoms. The highest BCUT2D eigenvalue weighted by molar-refractivity contribution is 6.03. The number of alkyl carbamates (subject to hydrolysis) is 1. The van der Waals surface area contributed by atoms with Gasteiger partial charge in [0.1, 0.15) is 11.9 Å². The number of aromatic hydroxyl groups is 1. The first-order valence-electron chi connectivity index (χ1n) is 9.80. The number of amides is 3. The summed E-state index contributed by atoms with van der Waals surface area (Å²) in [6, 6.07) is 18.4. The molecule has 164 valence electrons. The van der Waals surface area contributed by atoms with Crippen molar-refractivity contribution in [2.24, 2.45) is 5.92 Å². The van der Waals surface area contributed by atoms with Crippen molar-refractivity contribution in [2.45, 2.75) is 13.0 Å². The maximum atomic E-state index is 12.6. The Morgan fingerprint density at radius 3 is 2.28 bits per heavy atom. The van der Waals surface area contributed by atoms with Crippen LogP contribution < -0.4 is 10.8 Å². The molecule has 0 aliphatic heterocycles. The van der Waals surface area contributed by atoms with Crippen molar-refractivity contribution in [1.29, 1.82) is 0 Å². The summed E-state index contributed by atoms with van der Waals surface area (Å²) in [6.07, 6.45) is 0.695. The van der Waals surface area contributed by atoms with Crippen molar-refractivity contribution in [3.05, 3.63) is 90.0 Å². The molecule has 0 spiro atoms. The first kappa shape index (κ1) is 22.5. The van der Waals surface area contributed by atoms with Gasteiger partial charge in [-0.05, 0) is 23.6 Å². The number of phenols is 1. The average Bonchev–Trinajstić information content (AvgIpc) is 2.82. The summed E-state index contributed by atoms with van der Waals surface area (Å²) >= 11 is 0. The highest BCUT2D eigenvalue weighted by Crippen LogP contribution is 2.36. The summed E-state index contributed by atoms with van der Waals surface area (Å²) in [5.41, 5.74) is 2.36. The van der Waals surface area contributed by atoms with Crippen LogP contribution in [0.1, 0.15) is 28.9 Å². The largest absolute Gasteiger partial charge is 0.507 e. The molecule has 0 heterocycles. The minimum Gasteiger partial charge on any atom is -0.507 e. The molecule has 0 fully saturated rings. The zero-order valence-electron chi connectivity index (χ0n) is 17.2. The Kier molecular flexibility index (Phi) is 7.20. The third-order valence-electron chi connectivity index (χ3n) is 4.87. The maximum Gasteiger partial charge on any atom is 0.414 e. The number of hydroxylamine groups is 1. The van der Waals surface area contributed by atoms with Crippen molar-refractivity contribution >= 4 is 28.7 Å². The van der Waals surface area contributed by atoms with Gasteiger partial charge in [-0.2, -0.15) is 0 Å². The highest BCUT2D eigenvalue weighted by Gasteiger charge is 2.26. The van der Waals surface area contributed by atoms with Crippen LogP contribution in [0.5, 0.6) is 5.75 Å². The Hall–Kier alpha value is -4.17. The lowest BCUT2D eigenvalue weighted by molar-refractivity contribution is -0.124. The van der Waals surface area contributed by atoms with Gasteiger partial charge >= 0.3 is 6.09 Å². The predicted molar refractivity (Wildman–Crippen MR) is 117 cm³/mol. The van der Waals surface area contributed by atoms with Crippen LogP contribution in [-0.4, -0.2) is 28.2 Å². The molecule has 0 saturated carbocycles. The van der Waals surface area contributed by atoms with Crippen molar-refractivity contribution < 1.29 is 29.4 Å². The number of hydrogen-bond acceptors (Lipinski definition) is 6. The zero-order chi connectivity index (χ0) is 23.1. The molecule has 4 N–H and O–H groups in total.